The second-order valence-corrected chi connectivity index (χ2v) is 6.17. The van der Waals surface area contributed by atoms with Gasteiger partial charge in [-0.2, -0.15) is 0 Å². The molecule has 0 atom stereocenters. The minimum atomic E-state index is 0.181. The first-order valence-corrected chi connectivity index (χ1v) is 8.40. The van der Waals surface area contributed by atoms with Gasteiger partial charge in [0.15, 0.2) is 0 Å². The zero-order chi connectivity index (χ0) is 16.8. The third-order valence-corrected chi connectivity index (χ3v) is 4.18. The minimum Gasteiger partial charge on any atom is -0.396 e. The number of nitrogens with zero attached hydrogens (tertiary/aromatic N) is 3. The van der Waals surface area contributed by atoms with E-state index in [2.05, 4.69) is 22.0 Å². The van der Waals surface area contributed by atoms with Gasteiger partial charge in [0.1, 0.15) is 0 Å². The molecule has 5 heteroatoms. The third-order valence-electron chi connectivity index (χ3n) is 3.88. The van der Waals surface area contributed by atoms with Crippen LogP contribution in [0.2, 0.25) is 5.02 Å². The topological polar surface area (TPSA) is 49.2 Å². The summed E-state index contributed by atoms with van der Waals surface area (Å²) in [6, 6.07) is 13.9. The SMILES string of the molecule is OCCCN(Cc1cccnc1)Cc1ccc2cccc(Cl)c2n1. The number of pyridine rings is 2. The molecule has 2 heterocycles. The average Bonchev–Trinajstić information content (AvgIpc) is 2.61. The Morgan fingerprint density at radius 1 is 1.04 bits per heavy atom. The summed E-state index contributed by atoms with van der Waals surface area (Å²) in [5.74, 6) is 0. The largest absolute Gasteiger partial charge is 0.396 e. The average molecular weight is 342 g/mol. The van der Waals surface area contributed by atoms with Gasteiger partial charge in [-0.1, -0.05) is 35.9 Å². The molecule has 0 bridgehead atoms. The highest BCUT2D eigenvalue weighted by atomic mass is 35.5. The molecule has 0 aliphatic rings. The predicted molar refractivity (Wildman–Crippen MR) is 96.8 cm³/mol. The van der Waals surface area contributed by atoms with Crippen LogP contribution >= 0.6 is 11.6 Å². The maximum absolute atomic E-state index is 9.15. The Balaban J connectivity index is 1.80. The van der Waals surface area contributed by atoms with Gasteiger partial charge in [-0.05, 0) is 30.2 Å². The lowest BCUT2D eigenvalue weighted by molar-refractivity contribution is 0.211. The molecule has 2 aromatic heterocycles. The van der Waals surface area contributed by atoms with Crippen molar-refractivity contribution in [3.63, 3.8) is 0 Å². The van der Waals surface area contributed by atoms with Gasteiger partial charge in [0.25, 0.3) is 0 Å². The van der Waals surface area contributed by atoms with Gasteiger partial charge in [0.05, 0.1) is 16.2 Å². The van der Waals surface area contributed by atoms with E-state index in [0.29, 0.717) is 11.6 Å². The van der Waals surface area contributed by atoms with Crippen LogP contribution in [0, 0.1) is 0 Å². The highest BCUT2D eigenvalue weighted by molar-refractivity contribution is 6.35. The van der Waals surface area contributed by atoms with Crippen LogP contribution in [0.1, 0.15) is 17.7 Å². The molecule has 0 saturated carbocycles. The first-order chi connectivity index (χ1) is 11.8. The van der Waals surface area contributed by atoms with Gasteiger partial charge in [0, 0.05) is 44.0 Å². The normalized spacial score (nSPS) is 11.3. The third kappa shape index (κ3) is 4.29. The van der Waals surface area contributed by atoms with Crippen molar-refractivity contribution >= 4 is 22.5 Å². The zero-order valence-electron chi connectivity index (χ0n) is 13.4. The summed E-state index contributed by atoms with van der Waals surface area (Å²) in [5.41, 5.74) is 2.95. The van der Waals surface area contributed by atoms with Gasteiger partial charge in [-0.25, -0.2) is 4.98 Å². The molecule has 0 fully saturated rings. The summed E-state index contributed by atoms with van der Waals surface area (Å²) < 4.78 is 0. The van der Waals surface area contributed by atoms with E-state index in [1.54, 1.807) is 6.20 Å². The first kappa shape index (κ1) is 16.8. The van der Waals surface area contributed by atoms with Crippen molar-refractivity contribution in [3.05, 3.63) is 71.1 Å². The fraction of sp³-hybridized carbons (Fsp3) is 0.263. The Bertz CT molecular complexity index is 795. The van der Waals surface area contributed by atoms with E-state index in [0.717, 1.165) is 41.7 Å². The summed E-state index contributed by atoms with van der Waals surface area (Å²) in [5, 5.41) is 10.9. The summed E-state index contributed by atoms with van der Waals surface area (Å²) in [6.45, 7) is 2.46. The van der Waals surface area contributed by atoms with Crippen LogP contribution in [0.15, 0.2) is 54.9 Å². The number of para-hydroxylation sites is 1. The zero-order valence-corrected chi connectivity index (χ0v) is 14.2. The second kappa shape index (κ2) is 8.20. The molecule has 3 aromatic rings. The Kier molecular flexibility index (Phi) is 5.75. The lowest BCUT2D eigenvalue weighted by Crippen LogP contribution is -2.25. The van der Waals surface area contributed by atoms with Gasteiger partial charge in [-0.3, -0.25) is 9.88 Å². The fourth-order valence-corrected chi connectivity index (χ4v) is 2.95. The molecular weight excluding hydrogens is 322 g/mol. The molecule has 0 unspecified atom stereocenters. The number of halogens is 1. The summed E-state index contributed by atoms with van der Waals surface area (Å²) in [6.07, 6.45) is 4.37. The first-order valence-electron chi connectivity index (χ1n) is 8.02. The molecular formula is C19H20ClN3O. The molecule has 0 amide bonds. The van der Waals surface area contributed by atoms with Crippen molar-refractivity contribution in [2.75, 3.05) is 13.2 Å². The minimum absolute atomic E-state index is 0.181. The van der Waals surface area contributed by atoms with E-state index in [4.69, 9.17) is 21.7 Å². The van der Waals surface area contributed by atoms with Gasteiger partial charge < -0.3 is 5.11 Å². The van der Waals surface area contributed by atoms with Crippen LogP contribution in [-0.2, 0) is 13.1 Å². The van der Waals surface area contributed by atoms with Crippen LogP contribution < -0.4 is 0 Å². The Hall–Kier alpha value is -2.01. The molecule has 0 saturated heterocycles. The maximum Gasteiger partial charge on any atom is 0.0891 e. The van der Waals surface area contributed by atoms with E-state index < -0.39 is 0 Å². The molecule has 1 aromatic carbocycles. The van der Waals surface area contributed by atoms with E-state index in [-0.39, 0.29) is 6.61 Å². The molecule has 4 nitrogen and oxygen atoms in total. The van der Waals surface area contributed by atoms with Crippen LogP contribution in [0.5, 0.6) is 0 Å². The summed E-state index contributed by atoms with van der Waals surface area (Å²) >= 11 is 6.26. The smallest absolute Gasteiger partial charge is 0.0891 e. The predicted octanol–water partition coefficient (Wildman–Crippen LogP) is 3.67. The number of hydrogen-bond acceptors (Lipinski definition) is 4. The van der Waals surface area contributed by atoms with E-state index in [1.165, 1.54) is 0 Å². The molecule has 0 aliphatic heterocycles. The Morgan fingerprint density at radius 2 is 1.96 bits per heavy atom. The lowest BCUT2D eigenvalue weighted by atomic mass is 10.2. The Labute approximate surface area is 146 Å². The highest BCUT2D eigenvalue weighted by Gasteiger charge is 2.09. The molecule has 0 spiro atoms. The number of hydrogen-bond donors (Lipinski definition) is 1. The lowest BCUT2D eigenvalue weighted by Gasteiger charge is -2.21. The van der Waals surface area contributed by atoms with Crippen molar-refractivity contribution in [3.8, 4) is 0 Å². The quantitative estimate of drug-likeness (QED) is 0.712. The number of fused-ring (bicyclic) bond motifs is 1. The van der Waals surface area contributed by atoms with Crippen LogP contribution in [0.4, 0.5) is 0 Å². The monoisotopic (exact) mass is 341 g/mol. The molecule has 0 radical (unpaired) electrons. The molecule has 24 heavy (non-hydrogen) atoms. The van der Waals surface area contributed by atoms with Crippen molar-refractivity contribution in [2.24, 2.45) is 0 Å². The number of rotatable bonds is 7. The van der Waals surface area contributed by atoms with Crippen molar-refractivity contribution in [1.82, 2.24) is 14.9 Å². The number of aliphatic hydroxyl groups excluding tert-OH is 1. The van der Waals surface area contributed by atoms with Crippen molar-refractivity contribution in [2.45, 2.75) is 19.5 Å². The maximum atomic E-state index is 9.15. The van der Waals surface area contributed by atoms with Gasteiger partial charge in [0.2, 0.25) is 0 Å². The van der Waals surface area contributed by atoms with Gasteiger partial charge >= 0.3 is 0 Å². The Morgan fingerprint density at radius 3 is 2.75 bits per heavy atom. The summed E-state index contributed by atoms with van der Waals surface area (Å²) in [4.78, 5) is 11.1. The number of benzene rings is 1. The molecule has 0 aliphatic carbocycles. The van der Waals surface area contributed by atoms with E-state index >= 15 is 0 Å². The summed E-state index contributed by atoms with van der Waals surface area (Å²) in [7, 11) is 0. The molecule has 1 N–H and O–H groups in total. The second-order valence-electron chi connectivity index (χ2n) is 5.76. The van der Waals surface area contributed by atoms with Crippen LogP contribution in [0.25, 0.3) is 10.9 Å². The van der Waals surface area contributed by atoms with E-state index in [1.807, 2.05) is 36.5 Å². The molecule has 124 valence electrons. The number of aliphatic hydroxyl groups is 1. The molecule has 3 rings (SSSR count). The van der Waals surface area contributed by atoms with Gasteiger partial charge in [-0.15, -0.1) is 0 Å². The van der Waals surface area contributed by atoms with Crippen molar-refractivity contribution in [1.29, 1.82) is 0 Å². The van der Waals surface area contributed by atoms with Crippen LogP contribution in [0.3, 0.4) is 0 Å². The standard InChI is InChI=1S/C19H20ClN3O/c20-18-6-1-5-16-7-8-17(22-19(16)18)14-23(10-3-11-24)13-15-4-2-9-21-12-15/h1-2,4-9,12,24H,3,10-11,13-14H2. The highest BCUT2D eigenvalue weighted by Crippen LogP contribution is 2.22. The van der Waals surface area contributed by atoms with Crippen molar-refractivity contribution < 1.29 is 5.11 Å². The number of aromatic nitrogens is 2. The van der Waals surface area contributed by atoms with E-state index in [9.17, 15) is 0 Å². The fourth-order valence-electron chi connectivity index (χ4n) is 2.73. The van der Waals surface area contributed by atoms with Crippen LogP contribution in [-0.4, -0.2) is 33.1 Å².